The summed E-state index contributed by atoms with van der Waals surface area (Å²) in [7, 11) is 0. The molecule has 1 spiro atoms. The van der Waals surface area contributed by atoms with E-state index in [1.807, 2.05) is 13.8 Å². The number of hydrogen-bond donors (Lipinski definition) is 1. The molecular weight excluding hydrogens is 454 g/mol. The predicted octanol–water partition coefficient (Wildman–Crippen LogP) is 8.48. The molecule has 2 fully saturated rings. The summed E-state index contributed by atoms with van der Waals surface area (Å²) in [5, 5.41) is 11.4. The fourth-order valence-corrected chi connectivity index (χ4v) is 6.75. The molecule has 0 aliphatic heterocycles. The molecule has 35 heavy (non-hydrogen) atoms. The Kier molecular flexibility index (Phi) is 6.48. The first-order chi connectivity index (χ1) is 16.6. The van der Waals surface area contributed by atoms with Crippen molar-refractivity contribution in [1.82, 2.24) is 4.98 Å². The number of aliphatic hydroxyl groups excluding tert-OH is 1. The van der Waals surface area contributed by atoms with Gasteiger partial charge in [0.15, 0.2) is 6.17 Å². The fourth-order valence-electron chi connectivity index (χ4n) is 6.75. The van der Waals surface area contributed by atoms with Crippen molar-refractivity contribution in [1.29, 1.82) is 0 Å². The molecular formula is C29H35F4NO. The van der Waals surface area contributed by atoms with E-state index in [-0.39, 0.29) is 22.8 Å². The Morgan fingerprint density at radius 2 is 1.63 bits per heavy atom. The molecule has 1 aromatic heterocycles. The van der Waals surface area contributed by atoms with Crippen LogP contribution >= 0.6 is 0 Å². The van der Waals surface area contributed by atoms with Gasteiger partial charge in [0.2, 0.25) is 0 Å². The van der Waals surface area contributed by atoms with Gasteiger partial charge in [-0.1, -0.05) is 51.7 Å². The maximum Gasteiger partial charge on any atom is 0.416 e. The van der Waals surface area contributed by atoms with Crippen molar-refractivity contribution >= 4 is 0 Å². The van der Waals surface area contributed by atoms with Gasteiger partial charge in [0.25, 0.3) is 0 Å². The Hall–Kier alpha value is -1.95. The highest BCUT2D eigenvalue weighted by Gasteiger charge is 2.46. The second kappa shape index (κ2) is 9.17. The highest BCUT2D eigenvalue weighted by molar-refractivity contribution is 5.51. The van der Waals surface area contributed by atoms with Crippen LogP contribution in [0.25, 0.3) is 0 Å². The van der Waals surface area contributed by atoms with Crippen LogP contribution in [0.4, 0.5) is 17.6 Å². The van der Waals surface area contributed by atoms with E-state index in [2.05, 4.69) is 0 Å². The van der Waals surface area contributed by atoms with Gasteiger partial charge >= 0.3 is 6.18 Å². The van der Waals surface area contributed by atoms with Crippen LogP contribution < -0.4 is 0 Å². The van der Waals surface area contributed by atoms with E-state index in [1.54, 1.807) is 0 Å². The molecule has 0 radical (unpaired) electrons. The maximum absolute atomic E-state index is 16.5. The van der Waals surface area contributed by atoms with Crippen molar-refractivity contribution < 1.29 is 22.7 Å². The number of rotatable bonds is 4. The van der Waals surface area contributed by atoms with E-state index in [0.717, 1.165) is 80.3 Å². The van der Waals surface area contributed by atoms with E-state index in [1.165, 1.54) is 18.6 Å². The molecule has 2 saturated carbocycles. The molecule has 0 unspecified atom stereocenters. The molecule has 3 aliphatic rings. The molecule has 2 aromatic rings. The second-order valence-electron chi connectivity index (χ2n) is 11.4. The van der Waals surface area contributed by atoms with Gasteiger partial charge in [0.05, 0.1) is 11.7 Å². The Morgan fingerprint density at radius 1 is 0.971 bits per heavy atom. The van der Waals surface area contributed by atoms with Crippen molar-refractivity contribution in [3.63, 3.8) is 0 Å². The smallest absolute Gasteiger partial charge is 0.388 e. The summed E-state index contributed by atoms with van der Waals surface area (Å²) in [4.78, 5) is 5.02. The average Bonchev–Trinajstić information content (AvgIpc) is 2.81. The lowest BCUT2D eigenvalue weighted by Crippen LogP contribution is -2.39. The lowest BCUT2D eigenvalue weighted by atomic mass is 9.58. The zero-order valence-electron chi connectivity index (χ0n) is 20.6. The van der Waals surface area contributed by atoms with Crippen molar-refractivity contribution in [2.24, 2.45) is 5.41 Å². The number of alkyl halides is 4. The van der Waals surface area contributed by atoms with Crippen LogP contribution in [0.2, 0.25) is 0 Å². The largest absolute Gasteiger partial charge is 0.416 e. The van der Waals surface area contributed by atoms with Crippen molar-refractivity contribution in [2.45, 2.75) is 108 Å². The topological polar surface area (TPSA) is 33.1 Å². The van der Waals surface area contributed by atoms with E-state index in [4.69, 9.17) is 4.98 Å². The van der Waals surface area contributed by atoms with E-state index >= 15 is 4.39 Å². The van der Waals surface area contributed by atoms with Gasteiger partial charge in [-0.3, -0.25) is 4.98 Å². The molecule has 190 valence electrons. The SMILES string of the molecule is CC(C)c1nc2c(c(C3CCCCC3)c1[C@@H](F)c1ccc(C(F)(F)F)cc1)[C@@H](O)CC1(CCC1)C2. The van der Waals surface area contributed by atoms with Crippen LogP contribution in [0.1, 0.15) is 135 Å². The number of aliphatic hydroxyl groups is 1. The standard InChI is InChI=1S/C29H35F4NO/c1-17(2)27-25(26(30)19-9-11-20(12-10-19)29(31,32)33)23(18-7-4-3-5-8-18)24-21(34-27)15-28(13-6-14-28)16-22(24)35/h9-12,17-18,22,26,35H,3-8,13-16H2,1-2H3/t22-,26-/m0/s1. The molecule has 0 amide bonds. The maximum atomic E-state index is 16.5. The van der Waals surface area contributed by atoms with Gasteiger partial charge in [-0.2, -0.15) is 13.2 Å². The van der Waals surface area contributed by atoms with E-state index < -0.39 is 24.0 Å². The monoisotopic (exact) mass is 489 g/mol. The van der Waals surface area contributed by atoms with Gasteiger partial charge in [0.1, 0.15) is 0 Å². The third-order valence-electron chi connectivity index (χ3n) is 8.68. The fraction of sp³-hybridized carbons (Fsp3) is 0.621. The molecule has 0 bridgehead atoms. The number of fused-ring (bicyclic) bond motifs is 1. The summed E-state index contributed by atoms with van der Waals surface area (Å²) < 4.78 is 55.8. The number of benzene rings is 1. The minimum Gasteiger partial charge on any atom is -0.388 e. The predicted molar refractivity (Wildman–Crippen MR) is 128 cm³/mol. The summed E-state index contributed by atoms with van der Waals surface area (Å²) >= 11 is 0. The normalized spacial score (nSPS) is 23.3. The van der Waals surface area contributed by atoms with Gasteiger partial charge in [-0.25, -0.2) is 4.39 Å². The highest BCUT2D eigenvalue weighted by atomic mass is 19.4. The quantitative estimate of drug-likeness (QED) is 0.437. The first-order valence-electron chi connectivity index (χ1n) is 13.2. The molecule has 5 rings (SSSR count). The molecule has 2 atom stereocenters. The Bertz CT molecular complexity index is 1070. The van der Waals surface area contributed by atoms with Gasteiger partial charge < -0.3 is 5.11 Å². The lowest BCUT2D eigenvalue weighted by Gasteiger charge is -2.48. The number of aromatic nitrogens is 1. The molecule has 2 nitrogen and oxygen atoms in total. The molecule has 3 aliphatic carbocycles. The third-order valence-corrected chi connectivity index (χ3v) is 8.68. The Labute approximate surface area is 205 Å². The van der Waals surface area contributed by atoms with E-state index in [9.17, 15) is 18.3 Å². The van der Waals surface area contributed by atoms with Crippen molar-refractivity contribution in [2.75, 3.05) is 0 Å². The first kappa shape index (κ1) is 24.7. The third kappa shape index (κ3) is 4.52. The summed E-state index contributed by atoms with van der Waals surface area (Å²) in [5.74, 6) is 0.104. The minimum absolute atomic E-state index is 0.0400. The molecule has 1 N–H and O–H groups in total. The summed E-state index contributed by atoms with van der Waals surface area (Å²) in [5.41, 5.74) is 3.39. The highest BCUT2D eigenvalue weighted by Crippen LogP contribution is 2.56. The van der Waals surface area contributed by atoms with Crippen LogP contribution in [-0.4, -0.2) is 10.1 Å². The molecule has 6 heteroatoms. The van der Waals surface area contributed by atoms with Crippen LogP contribution in [0.3, 0.4) is 0 Å². The first-order valence-corrected chi connectivity index (χ1v) is 13.2. The zero-order chi connectivity index (χ0) is 25.0. The molecule has 1 aromatic carbocycles. The average molecular weight is 490 g/mol. The van der Waals surface area contributed by atoms with Gasteiger partial charge in [-0.15, -0.1) is 0 Å². The van der Waals surface area contributed by atoms with Gasteiger partial charge in [-0.05, 0) is 79.0 Å². The number of nitrogens with zero attached hydrogens (tertiary/aromatic N) is 1. The molecule has 1 heterocycles. The van der Waals surface area contributed by atoms with Gasteiger partial charge in [0, 0.05) is 22.5 Å². The van der Waals surface area contributed by atoms with Crippen molar-refractivity contribution in [3.05, 3.63) is 63.5 Å². The van der Waals surface area contributed by atoms with Crippen LogP contribution in [0, 0.1) is 5.41 Å². The number of halogens is 4. The molecule has 0 saturated heterocycles. The zero-order valence-corrected chi connectivity index (χ0v) is 20.6. The Morgan fingerprint density at radius 3 is 2.17 bits per heavy atom. The number of hydrogen-bond acceptors (Lipinski definition) is 2. The second-order valence-corrected chi connectivity index (χ2v) is 11.4. The van der Waals surface area contributed by atoms with Crippen LogP contribution in [0.5, 0.6) is 0 Å². The summed E-state index contributed by atoms with van der Waals surface area (Å²) in [6.07, 6.45) is 3.35. The van der Waals surface area contributed by atoms with Crippen LogP contribution in [0.15, 0.2) is 24.3 Å². The van der Waals surface area contributed by atoms with E-state index in [0.29, 0.717) is 17.7 Å². The number of pyridine rings is 1. The van der Waals surface area contributed by atoms with Crippen molar-refractivity contribution in [3.8, 4) is 0 Å². The summed E-state index contributed by atoms with van der Waals surface area (Å²) in [6, 6.07) is 4.42. The summed E-state index contributed by atoms with van der Waals surface area (Å²) in [6.45, 7) is 4.00. The Balaban J connectivity index is 1.67. The van der Waals surface area contributed by atoms with Crippen LogP contribution in [-0.2, 0) is 12.6 Å². The lowest BCUT2D eigenvalue weighted by molar-refractivity contribution is -0.137. The minimum atomic E-state index is -4.46.